The van der Waals surface area contributed by atoms with E-state index in [4.69, 9.17) is 25.9 Å². The Labute approximate surface area is 107 Å². The van der Waals surface area contributed by atoms with Crippen LogP contribution in [0.25, 0.3) is 0 Å². The van der Waals surface area contributed by atoms with Crippen LogP contribution in [0.1, 0.15) is 18.1 Å². The van der Waals surface area contributed by atoms with Crippen molar-refractivity contribution in [3.8, 4) is 11.5 Å². The summed E-state index contributed by atoms with van der Waals surface area (Å²) in [6, 6.07) is 2.01. The molecule has 5 heteroatoms. The lowest BCUT2D eigenvalue weighted by Gasteiger charge is -2.16. The van der Waals surface area contributed by atoms with Crippen molar-refractivity contribution in [2.45, 2.75) is 19.9 Å². The van der Waals surface area contributed by atoms with Gasteiger partial charge in [0.15, 0.2) is 0 Å². The first-order chi connectivity index (χ1) is 8.19. The summed E-state index contributed by atoms with van der Waals surface area (Å²) in [6.07, 6.45) is 0.840. The van der Waals surface area contributed by atoms with Gasteiger partial charge in [-0.2, -0.15) is 5.48 Å². The van der Waals surface area contributed by atoms with Gasteiger partial charge < -0.3 is 14.3 Å². The van der Waals surface area contributed by atoms with Crippen molar-refractivity contribution in [2.24, 2.45) is 0 Å². The third-order valence-electron chi connectivity index (χ3n) is 2.53. The van der Waals surface area contributed by atoms with Crippen LogP contribution in [0.15, 0.2) is 6.07 Å². The smallest absolute Gasteiger partial charge is 0.145 e. The highest BCUT2D eigenvalue weighted by molar-refractivity contribution is 6.33. The van der Waals surface area contributed by atoms with Crippen LogP contribution in [0.5, 0.6) is 11.5 Å². The molecule has 4 nitrogen and oxygen atoms in total. The molecular formula is C12H18ClNO3. The highest BCUT2D eigenvalue weighted by Gasteiger charge is 2.17. The molecule has 0 unspecified atom stereocenters. The number of methoxy groups -OCH3 is 2. The highest BCUT2D eigenvalue weighted by Crippen LogP contribution is 2.40. The molecule has 1 aromatic carbocycles. The van der Waals surface area contributed by atoms with E-state index < -0.39 is 0 Å². The third kappa shape index (κ3) is 3.03. The molecule has 0 aliphatic rings. The number of nitrogens with one attached hydrogen (secondary N) is 1. The molecule has 0 aromatic heterocycles. The van der Waals surface area contributed by atoms with Gasteiger partial charge in [0.05, 0.1) is 21.3 Å². The van der Waals surface area contributed by atoms with Crippen LogP contribution in [-0.4, -0.2) is 21.3 Å². The summed E-state index contributed by atoms with van der Waals surface area (Å²) in [5, 5.41) is 0.502. The van der Waals surface area contributed by atoms with Crippen molar-refractivity contribution in [1.29, 1.82) is 0 Å². The molecule has 0 radical (unpaired) electrons. The Hall–Kier alpha value is -0.970. The fourth-order valence-electron chi connectivity index (χ4n) is 1.71. The van der Waals surface area contributed by atoms with Gasteiger partial charge in [0.25, 0.3) is 0 Å². The molecule has 0 spiro atoms. The van der Waals surface area contributed by atoms with Gasteiger partial charge >= 0.3 is 0 Å². The van der Waals surface area contributed by atoms with Crippen LogP contribution >= 0.6 is 11.6 Å². The quantitative estimate of drug-likeness (QED) is 0.797. The van der Waals surface area contributed by atoms with Crippen molar-refractivity contribution < 1.29 is 14.3 Å². The fourth-order valence-corrected chi connectivity index (χ4v) is 2.11. The summed E-state index contributed by atoms with van der Waals surface area (Å²) in [7, 11) is 4.76. The monoisotopic (exact) mass is 259 g/mol. The van der Waals surface area contributed by atoms with Crippen LogP contribution in [0.3, 0.4) is 0 Å². The zero-order valence-electron chi connectivity index (χ0n) is 10.6. The first-order valence-corrected chi connectivity index (χ1v) is 5.75. The molecule has 0 bridgehead atoms. The number of hydrogen-bond acceptors (Lipinski definition) is 4. The predicted octanol–water partition coefficient (Wildman–Crippen LogP) is 2.57. The van der Waals surface area contributed by atoms with Crippen molar-refractivity contribution in [2.75, 3.05) is 21.3 Å². The Bertz CT molecular complexity index is 383. The van der Waals surface area contributed by atoms with E-state index in [2.05, 4.69) is 5.48 Å². The summed E-state index contributed by atoms with van der Waals surface area (Å²) in [5.41, 5.74) is 4.76. The Kier molecular flexibility index (Phi) is 5.55. The molecule has 0 aliphatic carbocycles. The molecule has 0 amide bonds. The number of rotatable bonds is 6. The molecule has 1 N–H and O–H groups in total. The Morgan fingerprint density at radius 1 is 1.12 bits per heavy atom. The summed E-state index contributed by atoms with van der Waals surface area (Å²) in [6.45, 7) is 2.57. The fraction of sp³-hybridized carbons (Fsp3) is 0.500. The van der Waals surface area contributed by atoms with Gasteiger partial charge in [-0.1, -0.05) is 18.5 Å². The lowest BCUT2D eigenvalue weighted by molar-refractivity contribution is 0.0861. The zero-order valence-corrected chi connectivity index (χ0v) is 11.4. The first kappa shape index (κ1) is 14.1. The van der Waals surface area contributed by atoms with E-state index in [-0.39, 0.29) is 0 Å². The number of ether oxygens (including phenoxy) is 2. The minimum atomic E-state index is 0.502. The molecule has 0 saturated carbocycles. The van der Waals surface area contributed by atoms with Gasteiger partial charge in [-0.3, -0.25) is 0 Å². The number of halogens is 1. The number of benzene rings is 1. The summed E-state index contributed by atoms with van der Waals surface area (Å²) in [4.78, 5) is 4.84. The molecule has 96 valence electrons. The lowest BCUT2D eigenvalue weighted by Crippen LogP contribution is -2.12. The third-order valence-corrected chi connectivity index (χ3v) is 2.87. The first-order valence-electron chi connectivity index (χ1n) is 5.37. The van der Waals surface area contributed by atoms with Crippen LogP contribution in [-0.2, 0) is 17.8 Å². The van der Waals surface area contributed by atoms with Crippen molar-refractivity contribution in [3.05, 3.63) is 22.2 Å². The molecule has 17 heavy (non-hydrogen) atoms. The van der Waals surface area contributed by atoms with Gasteiger partial charge in [-0.05, 0) is 18.1 Å². The summed E-state index contributed by atoms with van der Waals surface area (Å²) in [5.74, 6) is 1.29. The van der Waals surface area contributed by atoms with Crippen molar-refractivity contribution >= 4 is 11.6 Å². The van der Waals surface area contributed by atoms with Crippen LogP contribution in [0, 0.1) is 0 Å². The Morgan fingerprint density at radius 2 is 1.71 bits per heavy atom. The maximum Gasteiger partial charge on any atom is 0.145 e. The van der Waals surface area contributed by atoms with Crippen LogP contribution in [0.4, 0.5) is 0 Å². The van der Waals surface area contributed by atoms with Gasteiger partial charge in [-0.15, -0.1) is 0 Å². The average molecular weight is 260 g/mol. The molecule has 0 atom stereocenters. The van der Waals surface area contributed by atoms with Crippen molar-refractivity contribution in [1.82, 2.24) is 5.48 Å². The molecule has 0 fully saturated rings. The standard InChI is InChI=1S/C12H18ClNO3/c1-5-8-6-9(7-14-17-4)12(16-3)10(13)11(8)15-2/h6,14H,5,7H2,1-4H3. The molecule has 0 saturated heterocycles. The molecular weight excluding hydrogens is 242 g/mol. The largest absolute Gasteiger partial charge is 0.495 e. The highest BCUT2D eigenvalue weighted by atomic mass is 35.5. The molecule has 1 aromatic rings. The zero-order chi connectivity index (χ0) is 12.8. The van der Waals surface area contributed by atoms with E-state index in [1.807, 2.05) is 13.0 Å². The predicted molar refractivity (Wildman–Crippen MR) is 67.8 cm³/mol. The molecule has 1 rings (SSSR count). The van der Waals surface area contributed by atoms with E-state index in [0.717, 1.165) is 17.5 Å². The van der Waals surface area contributed by atoms with Crippen LogP contribution < -0.4 is 15.0 Å². The van der Waals surface area contributed by atoms with Crippen LogP contribution in [0.2, 0.25) is 5.02 Å². The number of hydrogen-bond donors (Lipinski definition) is 1. The Balaban J connectivity index is 3.24. The summed E-state index contributed by atoms with van der Waals surface area (Å²) < 4.78 is 10.6. The lowest BCUT2D eigenvalue weighted by atomic mass is 10.1. The normalized spacial score (nSPS) is 10.4. The maximum absolute atomic E-state index is 6.26. The van der Waals surface area contributed by atoms with E-state index >= 15 is 0 Å². The SMILES string of the molecule is CCc1cc(CNOC)c(OC)c(Cl)c1OC. The second kappa shape index (κ2) is 6.69. The summed E-state index contributed by atoms with van der Waals surface area (Å²) >= 11 is 6.26. The molecule has 0 heterocycles. The minimum absolute atomic E-state index is 0.502. The number of hydroxylamine groups is 1. The van der Waals surface area contributed by atoms with Crippen molar-refractivity contribution in [3.63, 3.8) is 0 Å². The van der Waals surface area contributed by atoms with E-state index in [0.29, 0.717) is 23.1 Å². The van der Waals surface area contributed by atoms with E-state index in [1.54, 1.807) is 21.3 Å². The number of aryl methyl sites for hydroxylation is 1. The second-order valence-electron chi connectivity index (χ2n) is 3.45. The Morgan fingerprint density at radius 3 is 2.18 bits per heavy atom. The maximum atomic E-state index is 6.26. The van der Waals surface area contributed by atoms with E-state index in [9.17, 15) is 0 Å². The van der Waals surface area contributed by atoms with Gasteiger partial charge in [0.2, 0.25) is 0 Å². The van der Waals surface area contributed by atoms with Gasteiger partial charge in [-0.25, -0.2) is 0 Å². The topological polar surface area (TPSA) is 39.7 Å². The molecule has 0 aliphatic heterocycles. The van der Waals surface area contributed by atoms with E-state index in [1.165, 1.54) is 0 Å². The van der Waals surface area contributed by atoms with Gasteiger partial charge in [0.1, 0.15) is 16.5 Å². The second-order valence-corrected chi connectivity index (χ2v) is 3.83. The van der Waals surface area contributed by atoms with Gasteiger partial charge in [0, 0.05) is 12.1 Å². The minimum Gasteiger partial charge on any atom is -0.495 e. The average Bonchev–Trinajstić information content (AvgIpc) is 2.35.